The Labute approximate surface area is 191 Å². The minimum absolute atomic E-state index is 0.257. The lowest BCUT2D eigenvalue weighted by Crippen LogP contribution is -2.36. The van der Waals surface area contributed by atoms with Crippen LogP contribution in [-0.4, -0.2) is 47.0 Å². The van der Waals surface area contributed by atoms with Crippen molar-refractivity contribution in [2.45, 2.75) is 0 Å². The largest absolute Gasteiger partial charge is 0.378 e. The first-order valence-corrected chi connectivity index (χ1v) is 10.8. The number of anilines is 4. The molecule has 0 saturated carbocycles. The Morgan fingerprint density at radius 1 is 1.00 bits per heavy atom. The molecular weight excluding hydrogens is 416 g/mol. The third-order valence-electron chi connectivity index (χ3n) is 5.51. The van der Waals surface area contributed by atoms with Crippen LogP contribution in [0, 0.1) is 0 Å². The van der Waals surface area contributed by atoms with Crippen molar-refractivity contribution in [3.8, 4) is 5.69 Å². The number of morpholine rings is 1. The average molecular weight is 441 g/mol. The number of carbonyl (C=O) groups excluding carboxylic acids is 1. The number of nitrogens with zero attached hydrogens (tertiary/aromatic N) is 4. The Balaban J connectivity index is 1.38. The molecule has 1 saturated heterocycles. The van der Waals surface area contributed by atoms with E-state index in [1.807, 2.05) is 35.0 Å². The lowest BCUT2D eigenvalue weighted by Gasteiger charge is -2.28. The summed E-state index contributed by atoms with van der Waals surface area (Å²) in [4.78, 5) is 18.5. The van der Waals surface area contributed by atoms with Crippen LogP contribution < -0.4 is 15.5 Å². The maximum atomic E-state index is 11.6. The number of fused-ring (bicyclic) bond motifs is 1. The first-order chi connectivity index (χ1) is 16.2. The Morgan fingerprint density at radius 2 is 1.82 bits per heavy atom. The topological polar surface area (TPSA) is 84.3 Å². The van der Waals surface area contributed by atoms with Gasteiger partial charge in [0.1, 0.15) is 5.82 Å². The molecule has 2 aromatic carbocycles. The summed E-state index contributed by atoms with van der Waals surface area (Å²) in [7, 11) is 0. The van der Waals surface area contributed by atoms with E-state index in [-0.39, 0.29) is 5.91 Å². The molecule has 0 spiro atoms. The van der Waals surface area contributed by atoms with Gasteiger partial charge in [-0.3, -0.25) is 4.79 Å². The van der Waals surface area contributed by atoms with E-state index < -0.39 is 0 Å². The summed E-state index contributed by atoms with van der Waals surface area (Å²) in [5.41, 5.74) is 4.56. The quantitative estimate of drug-likeness (QED) is 0.439. The maximum absolute atomic E-state index is 11.6. The van der Waals surface area contributed by atoms with Gasteiger partial charge in [-0.15, -0.1) is 0 Å². The first kappa shape index (κ1) is 20.7. The van der Waals surface area contributed by atoms with Crippen molar-refractivity contribution >= 4 is 39.7 Å². The standard InChI is InChI=1S/C25H24N6O2/c1-2-25(32)29-20-4-3-5-22(14-20)31-23-15-24(26-16-18(23)17-27-31)28-19-6-8-21(9-7-19)30-10-12-33-13-11-30/h2-9,14-17H,1,10-13H2,(H,26,28)(H,29,32). The van der Waals surface area contributed by atoms with Gasteiger partial charge in [-0.05, 0) is 48.5 Å². The second-order valence-electron chi connectivity index (χ2n) is 7.70. The molecule has 1 aliphatic rings. The van der Waals surface area contributed by atoms with Crippen LogP contribution in [0.4, 0.5) is 22.9 Å². The molecule has 8 nitrogen and oxygen atoms in total. The van der Waals surface area contributed by atoms with Crippen LogP contribution in [-0.2, 0) is 9.53 Å². The number of aromatic nitrogens is 3. The third kappa shape index (κ3) is 4.56. The van der Waals surface area contributed by atoms with Gasteiger partial charge in [0.25, 0.3) is 0 Å². The highest BCUT2D eigenvalue weighted by molar-refractivity contribution is 5.99. The van der Waals surface area contributed by atoms with Gasteiger partial charge in [0.2, 0.25) is 5.91 Å². The zero-order valence-corrected chi connectivity index (χ0v) is 18.1. The van der Waals surface area contributed by atoms with Crippen molar-refractivity contribution < 1.29 is 9.53 Å². The van der Waals surface area contributed by atoms with Gasteiger partial charge < -0.3 is 20.3 Å². The predicted octanol–water partition coefficient (Wildman–Crippen LogP) is 4.13. The fourth-order valence-electron chi connectivity index (χ4n) is 3.83. The van der Waals surface area contributed by atoms with Crippen molar-refractivity contribution in [3.05, 3.63) is 79.6 Å². The van der Waals surface area contributed by atoms with E-state index in [0.717, 1.165) is 54.4 Å². The Hall–Kier alpha value is -4.17. The molecule has 4 aromatic rings. The number of ether oxygens (including phenoxy) is 1. The highest BCUT2D eigenvalue weighted by atomic mass is 16.5. The zero-order valence-electron chi connectivity index (χ0n) is 18.1. The molecule has 0 bridgehead atoms. The van der Waals surface area contributed by atoms with Gasteiger partial charge in [0.05, 0.1) is 30.6 Å². The van der Waals surface area contributed by atoms with Gasteiger partial charge >= 0.3 is 0 Å². The number of carbonyl (C=O) groups is 1. The minimum Gasteiger partial charge on any atom is -0.378 e. The SMILES string of the molecule is C=CC(=O)Nc1cccc(-n2ncc3cnc(Nc4ccc(N5CCOCC5)cc4)cc32)c1. The third-order valence-corrected chi connectivity index (χ3v) is 5.51. The summed E-state index contributed by atoms with van der Waals surface area (Å²) in [6, 6.07) is 17.8. The second kappa shape index (κ2) is 9.13. The molecule has 0 aliphatic carbocycles. The molecule has 0 atom stereocenters. The van der Waals surface area contributed by atoms with Gasteiger partial charge in [0, 0.05) is 47.8 Å². The molecule has 1 amide bonds. The summed E-state index contributed by atoms with van der Waals surface area (Å²) in [6.45, 7) is 6.84. The lowest BCUT2D eigenvalue weighted by molar-refractivity contribution is -0.111. The van der Waals surface area contributed by atoms with Crippen LogP contribution in [0.15, 0.2) is 79.6 Å². The molecule has 0 radical (unpaired) electrons. The molecule has 5 rings (SSSR count). The normalized spacial score (nSPS) is 13.6. The summed E-state index contributed by atoms with van der Waals surface area (Å²) in [5, 5.41) is 11.6. The number of pyridine rings is 1. The van der Waals surface area contributed by atoms with Crippen LogP contribution in [0.2, 0.25) is 0 Å². The van der Waals surface area contributed by atoms with Crippen molar-refractivity contribution in [2.75, 3.05) is 41.8 Å². The monoisotopic (exact) mass is 440 g/mol. The number of nitrogens with one attached hydrogen (secondary N) is 2. The summed E-state index contributed by atoms with van der Waals surface area (Å²) < 4.78 is 7.26. The zero-order chi connectivity index (χ0) is 22.6. The van der Waals surface area contributed by atoms with E-state index in [0.29, 0.717) is 5.69 Å². The van der Waals surface area contributed by atoms with E-state index in [9.17, 15) is 4.79 Å². The maximum Gasteiger partial charge on any atom is 0.247 e. The van der Waals surface area contributed by atoms with E-state index in [1.54, 1.807) is 12.4 Å². The van der Waals surface area contributed by atoms with Crippen molar-refractivity contribution in [2.24, 2.45) is 0 Å². The van der Waals surface area contributed by atoms with Gasteiger partial charge in [-0.1, -0.05) is 12.6 Å². The molecule has 8 heteroatoms. The number of hydrogen-bond acceptors (Lipinski definition) is 6. The number of hydrogen-bond donors (Lipinski definition) is 2. The number of benzene rings is 2. The summed E-state index contributed by atoms with van der Waals surface area (Å²) in [6.07, 6.45) is 4.82. The van der Waals surface area contributed by atoms with Crippen LogP contribution in [0.5, 0.6) is 0 Å². The van der Waals surface area contributed by atoms with Gasteiger partial charge in [-0.2, -0.15) is 5.10 Å². The summed E-state index contributed by atoms with van der Waals surface area (Å²) >= 11 is 0. The Kier molecular flexibility index (Phi) is 5.73. The Morgan fingerprint density at radius 3 is 2.61 bits per heavy atom. The Bertz CT molecular complexity index is 1290. The molecule has 1 aliphatic heterocycles. The van der Waals surface area contributed by atoms with Crippen LogP contribution in [0.1, 0.15) is 0 Å². The van der Waals surface area contributed by atoms with E-state index in [4.69, 9.17) is 4.74 Å². The van der Waals surface area contributed by atoms with Crippen molar-refractivity contribution in [3.63, 3.8) is 0 Å². The molecule has 2 N–H and O–H groups in total. The average Bonchev–Trinajstić information content (AvgIpc) is 3.28. The minimum atomic E-state index is -0.257. The number of amides is 1. The second-order valence-corrected chi connectivity index (χ2v) is 7.70. The molecule has 0 unspecified atom stereocenters. The first-order valence-electron chi connectivity index (χ1n) is 10.8. The van der Waals surface area contributed by atoms with E-state index >= 15 is 0 Å². The van der Waals surface area contributed by atoms with E-state index in [2.05, 4.69) is 56.5 Å². The van der Waals surface area contributed by atoms with E-state index in [1.165, 1.54) is 11.8 Å². The van der Waals surface area contributed by atoms with Gasteiger partial charge in [-0.25, -0.2) is 9.67 Å². The summed E-state index contributed by atoms with van der Waals surface area (Å²) in [5.74, 6) is 0.465. The molecule has 2 aromatic heterocycles. The predicted molar refractivity (Wildman–Crippen MR) is 130 cm³/mol. The van der Waals surface area contributed by atoms with Crippen LogP contribution in [0.25, 0.3) is 16.6 Å². The highest BCUT2D eigenvalue weighted by Gasteiger charge is 2.12. The van der Waals surface area contributed by atoms with Crippen molar-refractivity contribution in [1.82, 2.24) is 14.8 Å². The smallest absolute Gasteiger partial charge is 0.247 e. The lowest BCUT2D eigenvalue weighted by atomic mass is 10.2. The molecular formula is C25H24N6O2. The molecule has 33 heavy (non-hydrogen) atoms. The fraction of sp³-hybridized carbons (Fsp3) is 0.160. The fourth-order valence-corrected chi connectivity index (χ4v) is 3.83. The molecule has 1 fully saturated rings. The van der Waals surface area contributed by atoms with Crippen LogP contribution in [0.3, 0.4) is 0 Å². The number of rotatable bonds is 6. The van der Waals surface area contributed by atoms with Crippen molar-refractivity contribution in [1.29, 1.82) is 0 Å². The van der Waals surface area contributed by atoms with Crippen LogP contribution >= 0.6 is 0 Å². The highest BCUT2D eigenvalue weighted by Crippen LogP contribution is 2.25. The molecule has 166 valence electrons. The molecule has 3 heterocycles. The van der Waals surface area contributed by atoms with Gasteiger partial charge in [0.15, 0.2) is 0 Å².